The van der Waals surface area contributed by atoms with E-state index in [0.29, 0.717) is 30.6 Å². The molecule has 2 aliphatic rings. The maximum atomic E-state index is 12.4. The lowest BCUT2D eigenvalue weighted by Gasteiger charge is -2.20. The summed E-state index contributed by atoms with van der Waals surface area (Å²) in [5.74, 6) is -1.41. The Labute approximate surface area is 127 Å². The number of carbonyl (C=O) groups excluding carboxylic acids is 2. The Hall–Kier alpha value is -2.31. The van der Waals surface area contributed by atoms with Crippen LogP contribution in [0.4, 0.5) is 0 Å². The first-order valence-corrected chi connectivity index (χ1v) is 7.59. The molecule has 2 fully saturated rings. The topological polar surface area (TPSA) is 93.7 Å². The predicted octanol–water partition coefficient (Wildman–Crippen LogP) is 0.940. The Morgan fingerprint density at radius 2 is 1.82 bits per heavy atom. The summed E-state index contributed by atoms with van der Waals surface area (Å²) in [6.45, 7) is 1.93. The largest absolute Gasteiger partial charge is 0.480 e. The highest BCUT2D eigenvalue weighted by Crippen LogP contribution is 2.21. The number of carboxylic acids is 1. The number of aliphatic carboxylic acids is 1. The highest BCUT2D eigenvalue weighted by Gasteiger charge is 2.35. The minimum absolute atomic E-state index is 0.104. The molecule has 0 unspecified atom stereocenters. The number of carboxylic acid groups (broad SMARTS) is 1. The Morgan fingerprint density at radius 1 is 1.09 bits per heavy atom. The molecule has 2 aliphatic heterocycles. The molecule has 2 N–H and O–H groups in total. The molecule has 1 atom stereocenters. The van der Waals surface area contributed by atoms with Gasteiger partial charge in [-0.25, -0.2) is 4.79 Å². The lowest BCUT2D eigenvalue weighted by atomic mass is 10.2. The quantitative estimate of drug-likeness (QED) is 0.869. The van der Waals surface area contributed by atoms with Crippen LogP contribution < -0.4 is 0 Å². The number of likely N-dealkylation sites (tertiary alicyclic amines) is 2. The summed E-state index contributed by atoms with van der Waals surface area (Å²) in [6, 6.07) is 0.764. The van der Waals surface area contributed by atoms with Gasteiger partial charge in [-0.1, -0.05) is 0 Å². The second-order valence-corrected chi connectivity index (χ2v) is 5.80. The van der Waals surface area contributed by atoms with Crippen molar-refractivity contribution in [3.05, 3.63) is 23.5 Å². The van der Waals surface area contributed by atoms with Gasteiger partial charge in [-0.05, 0) is 31.7 Å². The van der Waals surface area contributed by atoms with Crippen molar-refractivity contribution in [2.45, 2.75) is 31.7 Å². The van der Waals surface area contributed by atoms with Crippen LogP contribution in [0.1, 0.15) is 46.5 Å². The van der Waals surface area contributed by atoms with Crippen LogP contribution in [0.15, 0.2) is 12.3 Å². The van der Waals surface area contributed by atoms with Gasteiger partial charge >= 0.3 is 5.97 Å². The number of carbonyl (C=O) groups is 3. The van der Waals surface area contributed by atoms with E-state index in [1.807, 2.05) is 0 Å². The third-order valence-electron chi connectivity index (χ3n) is 4.35. The Bertz CT molecular complexity index is 604. The fourth-order valence-electron chi connectivity index (χ4n) is 3.16. The van der Waals surface area contributed by atoms with Gasteiger partial charge in [-0.2, -0.15) is 0 Å². The third-order valence-corrected chi connectivity index (χ3v) is 4.35. The first-order valence-electron chi connectivity index (χ1n) is 7.59. The SMILES string of the molecule is O=C(O)[C@@H]1CCCN1C(=O)c1c[nH]c(C(=O)N2CCCC2)c1. The summed E-state index contributed by atoms with van der Waals surface area (Å²) in [5, 5.41) is 9.15. The maximum absolute atomic E-state index is 12.4. The number of hydrogen-bond donors (Lipinski definition) is 2. The summed E-state index contributed by atoms with van der Waals surface area (Å²) in [7, 11) is 0. The number of nitrogens with one attached hydrogen (secondary N) is 1. The van der Waals surface area contributed by atoms with E-state index in [4.69, 9.17) is 5.11 Å². The van der Waals surface area contributed by atoms with E-state index < -0.39 is 12.0 Å². The Morgan fingerprint density at radius 3 is 2.50 bits per heavy atom. The van der Waals surface area contributed by atoms with Crippen LogP contribution in [0.3, 0.4) is 0 Å². The van der Waals surface area contributed by atoms with Gasteiger partial charge in [0.2, 0.25) is 0 Å². The Balaban J connectivity index is 1.74. The molecule has 0 radical (unpaired) electrons. The van der Waals surface area contributed by atoms with Crippen molar-refractivity contribution in [1.29, 1.82) is 0 Å². The van der Waals surface area contributed by atoms with Crippen molar-refractivity contribution in [3.63, 3.8) is 0 Å². The zero-order valence-corrected chi connectivity index (χ0v) is 12.2. The minimum atomic E-state index is -0.977. The van der Waals surface area contributed by atoms with Crippen molar-refractivity contribution in [2.24, 2.45) is 0 Å². The molecule has 0 aliphatic carbocycles. The molecule has 0 bridgehead atoms. The summed E-state index contributed by atoms with van der Waals surface area (Å²) >= 11 is 0. The van der Waals surface area contributed by atoms with Gasteiger partial charge in [-0.3, -0.25) is 9.59 Å². The van der Waals surface area contributed by atoms with Crippen molar-refractivity contribution < 1.29 is 19.5 Å². The molecule has 0 spiro atoms. The van der Waals surface area contributed by atoms with Gasteiger partial charge in [0.15, 0.2) is 0 Å². The monoisotopic (exact) mass is 305 g/mol. The van der Waals surface area contributed by atoms with E-state index in [9.17, 15) is 14.4 Å². The van der Waals surface area contributed by atoms with Gasteiger partial charge in [-0.15, -0.1) is 0 Å². The van der Waals surface area contributed by atoms with Crippen LogP contribution in [0.5, 0.6) is 0 Å². The highest BCUT2D eigenvalue weighted by atomic mass is 16.4. The number of H-pyrrole nitrogens is 1. The van der Waals surface area contributed by atoms with Gasteiger partial charge < -0.3 is 19.9 Å². The van der Waals surface area contributed by atoms with Crippen LogP contribution >= 0.6 is 0 Å². The van der Waals surface area contributed by atoms with E-state index in [0.717, 1.165) is 25.9 Å². The molecule has 7 heteroatoms. The zero-order chi connectivity index (χ0) is 15.7. The van der Waals surface area contributed by atoms with E-state index in [-0.39, 0.29) is 11.8 Å². The molecule has 1 aromatic rings. The molecule has 3 heterocycles. The molecule has 3 rings (SSSR count). The van der Waals surface area contributed by atoms with Gasteiger partial charge in [0.05, 0.1) is 5.56 Å². The van der Waals surface area contributed by atoms with Gasteiger partial charge in [0, 0.05) is 25.8 Å². The number of rotatable bonds is 3. The van der Waals surface area contributed by atoms with Crippen LogP contribution in [0.25, 0.3) is 0 Å². The van der Waals surface area contributed by atoms with Crippen molar-refractivity contribution >= 4 is 17.8 Å². The number of nitrogens with zero attached hydrogens (tertiary/aromatic N) is 2. The molecule has 22 heavy (non-hydrogen) atoms. The van der Waals surface area contributed by atoms with E-state index >= 15 is 0 Å². The van der Waals surface area contributed by atoms with Gasteiger partial charge in [0.1, 0.15) is 11.7 Å². The van der Waals surface area contributed by atoms with Gasteiger partial charge in [0.25, 0.3) is 11.8 Å². The molecule has 1 aromatic heterocycles. The average molecular weight is 305 g/mol. The van der Waals surface area contributed by atoms with Crippen LogP contribution in [-0.2, 0) is 4.79 Å². The molecule has 2 saturated heterocycles. The molecular formula is C15H19N3O4. The average Bonchev–Trinajstić information content (AvgIpc) is 3.25. The zero-order valence-electron chi connectivity index (χ0n) is 12.2. The number of amides is 2. The van der Waals surface area contributed by atoms with Crippen LogP contribution in [0, 0.1) is 0 Å². The third kappa shape index (κ3) is 2.58. The first kappa shape index (κ1) is 14.6. The fraction of sp³-hybridized carbons (Fsp3) is 0.533. The molecule has 0 saturated carbocycles. The summed E-state index contributed by atoms with van der Waals surface area (Å²) in [5.41, 5.74) is 0.729. The second kappa shape index (κ2) is 5.82. The highest BCUT2D eigenvalue weighted by molar-refractivity contribution is 6.00. The van der Waals surface area contributed by atoms with Crippen molar-refractivity contribution in [2.75, 3.05) is 19.6 Å². The molecule has 118 valence electrons. The lowest BCUT2D eigenvalue weighted by molar-refractivity contribution is -0.141. The van der Waals surface area contributed by atoms with Crippen molar-refractivity contribution in [1.82, 2.24) is 14.8 Å². The van der Waals surface area contributed by atoms with Crippen molar-refractivity contribution in [3.8, 4) is 0 Å². The summed E-state index contributed by atoms with van der Waals surface area (Å²) in [4.78, 5) is 41.8. The molecular weight excluding hydrogens is 286 g/mol. The number of aromatic amines is 1. The molecule has 2 amide bonds. The molecule has 7 nitrogen and oxygen atoms in total. The van der Waals surface area contributed by atoms with E-state index in [1.54, 1.807) is 4.90 Å². The standard InChI is InChI=1S/C15H19N3O4/c19-13(18-7-3-4-12(18)15(21)22)10-8-11(16-9-10)14(20)17-5-1-2-6-17/h8-9,12,16H,1-7H2,(H,21,22)/t12-/m0/s1. The number of hydrogen-bond acceptors (Lipinski definition) is 3. The summed E-state index contributed by atoms with van der Waals surface area (Å²) in [6.07, 6.45) is 4.67. The van der Waals surface area contributed by atoms with Crippen LogP contribution in [0.2, 0.25) is 0 Å². The summed E-state index contributed by atoms with van der Waals surface area (Å²) < 4.78 is 0. The van der Waals surface area contributed by atoms with E-state index in [2.05, 4.69) is 4.98 Å². The minimum Gasteiger partial charge on any atom is -0.480 e. The normalized spacial score (nSPS) is 21.4. The van der Waals surface area contributed by atoms with E-state index in [1.165, 1.54) is 17.2 Å². The second-order valence-electron chi connectivity index (χ2n) is 5.80. The fourth-order valence-corrected chi connectivity index (χ4v) is 3.16. The first-order chi connectivity index (χ1) is 10.6. The lowest BCUT2D eigenvalue weighted by Crippen LogP contribution is -2.40. The smallest absolute Gasteiger partial charge is 0.326 e. The number of aromatic nitrogens is 1. The van der Waals surface area contributed by atoms with Crippen LogP contribution in [-0.4, -0.2) is 63.4 Å². The maximum Gasteiger partial charge on any atom is 0.326 e. The predicted molar refractivity (Wildman–Crippen MR) is 77.6 cm³/mol. The molecule has 0 aromatic carbocycles. The Kier molecular flexibility index (Phi) is 3.87.